The molecule has 9 rings (SSSR count). The zero-order valence-corrected chi connectivity index (χ0v) is 25.5. The van der Waals surface area contributed by atoms with E-state index in [1.54, 1.807) is 0 Å². The molecule has 0 aliphatic heterocycles. The Bertz CT molecular complexity index is 2370. The summed E-state index contributed by atoms with van der Waals surface area (Å²) >= 11 is 0. The van der Waals surface area contributed by atoms with Gasteiger partial charge in [-0.15, -0.1) is 0 Å². The van der Waals surface area contributed by atoms with Crippen LogP contribution in [0.1, 0.15) is 25.0 Å². The zero-order valence-electron chi connectivity index (χ0n) is 25.5. The van der Waals surface area contributed by atoms with E-state index < -0.39 is 0 Å². The highest BCUT2D eigenvalue weighted by atomic mass is 14.4. The molecule has 45 heavy (non-hydrogen) atoms. The molecular formula is C45H32. The first-order chi connectivity index (χ1) is 22.1. The lowest BCUT2D eigenvalue weighted by molar-refractivity contribution is 0.666. The number of rotatable bonds is 3. The van der Waals surface area contributed by atoms with Gasteiger partial charge in [0.15, 0.2) is 0 Å². The first-order valence-corrected chi connectivity index (χ1v) is 15.9. The maximum absolute atomic E-state index is 2.49. The first-order valence-electron chi connectivity index (χ1n) is 15.9. The summed E-state index contributed by atoms with van der Waals surface area (Å²) in [6.07, 6.45) is 0. The van der Waals surface area contributed by atoms with E-state index in [2.05, 4.69) is 172 Å². The summed E-state index contributed by atoms with van der Waals surface area (Å²) in [5.41, 5.74) is 13.1. The average molecular weight is 573 g/mol. The van der Waals surface area contributed by atoms with E-state index in [9.17, 15) is 0 Å². The molecule has 0 fully saturated rings. The molecule has 0 amide bonds. The van der Waals surface area contributed by atoms with Gasteiger partial charge in [-0.1, -0.05) is 166 Å². The van der Waals surface area contributed by atoms with Crippen molar-refractivity contribution >= 4 is 32.3 Å². The number of hydrogen-bond donors (Lipinski definition) is 0. The van der Waals surface area contributed by atoms with Crippen LogP contribution in [-0.4, -0.2) is 0 Å². The van der Waals surface area contributed by atoms with Gasteiger partial charge in [0.05, 0.1) is 0 Å². The fourth-order valence-electron chi connectivity index (χ4n) is 8.06. The van der Waals surface area contributed by atoms with Crippen LogP contribution in [0, 0.1) is 0 Å². The van der Waals surface area contributed by atoms with E-state index in [1.165, 1.54) is 88.0 Å². The Morgan fingerprint density at radius 1 is 0.333 bits per heavy atom. The molecule has 212 valence electrons. The Morgan fingerprint density at radius 2 is 0.800 bits per heavy atom. The Balaban J connectivity index is 1.37. The molecule has 0 radical (unpaired) electrons. The molecule has 8 aromatic rings. The van der Waals surface area contributed by atoms with Gasteiger partial charge < -0.3 is 0 Å². The van der Waals surface area contributed by atoms with Gasteiger partial charge in [-0.2, -0.15) is 0 Å². The molecule has 0 atom stereocenters. The molecule has 0 saturated carbocycles. The van der Waals surface area contributed by atoms with Gasteiger partial charge >= 0.3 is 0 Å². The molecule has 1 aliphatic rings. The van der Waals surface area contributed by atoms with E-state index >= 15 is 0 Å². The Labute approximate surface area is 264 Å². The number of hydrogen-bond acceptors (Lipinski definition) is 0. The predicted molar refractivity (Wildman–Crippen MR) is 193 cm³/mol. The summed E-state index contributed by atoms with van der Waals surface area (Å²) in [6, 6.07) is 58.2. The maximum Gasteiger partial charge on any atom is 0.0165 e. The highest BCUT2D eigenvalue weighted by Crippen LogP contribution is 2.54. The molecule has 0 saturated heterocycles. The Morgan fingerprint density at radius 3 is 1.44 bits per heavy atom. The van der Waals surface area contributed by atoms with Gasteiger partial charge in [0.2, 0.25) is 0 Å². The molecule has 0 nitrogen and oxygen atoms in total. The van der Waals surface area contributed by atoms with E-state index in [-0.39, 0.29) is 5.41 Å². The van der Waals surface area contributed by atoms with Gasteiger partial charge in [-0.05, 0) is 94.0 Å². The predicted octanol–water partition coefficient (Wildman–Crippen LogP) is 12.5. The summed E-state index contributed by atoms with van der Waals surface area (Å²) in [6.45, 7) is 4.76. The summed E-state index contributed by atoms with van der Waals surface area (Å²) in [5.74, 6) is 0. The minimum Gasteiger partial charge on any atom is -0.0622 e. The monoisotopic (exact) mass is 572 g/mol. The molecule has 0 unspecified atom stereocenters. The van der Waals surface area contributed by atoms with Gasteiger partial charge in [-0.3, -0.25) is 0 Å². The molecule has 0 spiro atoms. The van der Waals surface area contributed by atoms with Crippen molar-refractivity contribution in [3.05, 3.63) is 169 Å². The second-order valence-corrected chi connectivity index (χ2v) is 12.8. The third-order valence-electron chi connectivity index (χ3n) is 10.0. The average Bonchev–Trinajstić information content (AvgIpc) is 3.33. The van der Waals surface area contributed by atoms with E-state index in [4.69, 9.17) is 0 Å². The summed E-state index contributed by atoms with van der Waals surface area (Å²) in [7, 11) is 0. The van der Waals surface area contributed by atoms with Crippen LogP contribution in [0.4, 0.5) is 0 Å². The second-order valence-electron chi connectivity index (χ2n) is 12.8. The van der Waals surface area contributed by atoms with Crippen LogP contribution in [0.15, 0.2) is 158 Å². The minimum absolute atomic E-state index is 0.0655. The van der Waals surface area contributed by atoms with Crippen LogP contribution < -0.4 is 0 Å². The van der Waals surface area contributed by atoms with Crippen LogP contribution in [-0.2, 0) is 5.41 Å². The quantitative estimate of drug-likeness (QED) is 0.185. The molecule has 0 heterocycles. The molecule has 1 aliphatic carbocycles. The van der Waals surface area contributed by atoms with Crippen molar-refractivity contribution in [1.29, 1.82) is 0 Å². The normalized spacial score (nSPS) is 13.3. The van der Waals surface area contributed by atoms with Crippen molar-refractivity contribution < 1.29 is 0 Å². The van der Waals surface area contributed by atoms with Crippen LogP contribution >= 0.6 is 0 Å². The van der Waals surface area contributed by atoms with Gasteiger partial charge in [0.25, 0.3) is 0 Å². The highest BCUT2D eigenvalue weighted by molar-refractivity contribution is 6.24. The second kappa shape index (κ2) is 9.78. The van der Waals surface area contributed by atoms with Crippen LogP contribution in [0.3, 0.4) is 0 Å². The zero-order chi connectivity index (χ0) is 30.1. The molecular weight excluding hydrogens is 540 g/mol. The van der Waals surface area contributed by atoms with Crippen molar-refractivity contribution in [2.75, 3.05) is 0 Å². The Kier molecular flexibility index (Phi) is 5.64. The van der Waals surface area contributed by atoms with Gasteiger partial charge in [0, 0.05) is 5.41 Å². The maximum atomic E-state index is 2.49. The van der Waals surface area contributed by atoms with Gasteiger partial charge in [0.1, 0.15) is 0 Å². The van der Waals surface area contributed by atoms with Crippen LogP contribution in [0.5, 0.6) is 0 Å². The standard InChI is InChI=1S/C45H32/c1-45(2)41-23-13-12-17-33(41)40-28-39(32-16-6-11-22-38(32)44(40)45)43-36-20-9-7-18-34(36)42(35-19-8-10-21-37(35)43)31-26-24-30(25-27-31)29-14-4-3-5-15-29/h3-28H,1-2H3. The van der Waals surface area contributed by atoms with E-state index in [1.807, 2.05) is 0 Å². The molecule has 0 heteroatoms. The van der Waals surface area contributed by atoms with Crippen LogP contribution in [0.25, 0.3) is 76.8 Å². The van der Waals surface area contributed by atoms with Crippen molar-refractivity contribution in [1.82, 2.24) is 0 Å². The lowest BCUT2D eigenvalue weighted by atomic mass is 9.78. The molecule has 0 bridgehead atoms. The van der Waals surface area contributed by atoms with E-state index in [0.717, 1.165) is 0 Å². The first kappa shape index (κ1) is 26.0. The largest absolute Gasteiger partial charge is 0.0622 e. The summed E-state index contributed by atoms with van der Waals surface area (Å²) in [5, 5.41) is 7.79. The minimum atomic E-state index is -0.0655. The smallest absolute Gasteiger partial charge is 0.0165 e. The lowest BCUT2D eigenvalue weighted by Crippen LogP contribution is -2.15. The summed E-state index contributed by atoms with van der Waals surface area (Å²) in [4.78, 5) is 0. The van der Waals surface area contributed by atoms with Crippen molar-refractivity contribution in [3.63, 3.8) is 0 Å². The Hall–Kier alpha value is -5.46. The highest BCUT2D eigenvalue weighted by Gasteiger charge is 2.37. The summed E-state index contributed by atoms with van der Waals surface area (Å²) < 4.78 is 0. The number of fused-ring (bicyclic) bond motifs is 7. The topological polar surface area (TPSA) is 0 Å². The van der Waals surface area contributed by atoms with E-state index in [0.29, 0.717) is 0 Å². The van der Waals surface area contributed by atoms with Crippen molar-refractivity contribution in [3.8, 4) is 44.5 Å². The third-order valence-corrected chi connectivity index (χ3v) is 10.0. The van der Waals surface area contributed by atoms with Gasteiger partial charge in [-0.25, -0.2) is 0 Å². The van der Waals surface area contributed by atoms with Crippen LogP contribution in [0.2, 0.25) is 0 Å². The SMILES string of the molecule is CC1(C)c2ccccc2-c2cc(-c3c4ccccc4c(-c4ccc(-c5ccccc5)cc4)c4ccccc34)c3ccccc3c21. The fourth-order valence-corrected chi connectivity index (χ4v) is 8.06. The molecule has 0 aromatic heterocycles. The lowest BCUT2D eigenvalue weighted by Gasteiger charge is -2.25. The third kappa shape index (κ3) is 3.79. The fraction of sp³-hybridized carbons (Fsp3) is 0.0667. The number of benzene rings is 8. The molecule has 8 aromatic carbocycles. The van der Waals surface area contributed by atoms with Crippen molar-refractivity contribution in [2.45, 2.75) is 19.3 Å². The van der Waals surface area contributed by atoms with Crippen molar-refractivity contribution in [2.24, 2.45) is 0 Å². The molecule has 0 N–H and O–H groups in total.